The SMILES string of the molecule is O=C(Nc1ccc(Cl)c2ncccc12)c1cc(F)cc(-c2cc[nH]c(=O)c2)c1. The van der Waals surface area contributed by atoms with E-state index < -0.39 is 11.7 Å². The Morgan fingerprint density at radius 3 is 2.75 bits per heavy atom. The third-order valence-electron chi connectivity index (χ3n) is 4.24. The predicted molar refractivity (Wildman–Crippen MR) is 107 cm³/mol. The van der Waals surface area contributed by atoms with Crippen molar-refractivity contribution >= 4 is 34.1 Å². The first-order valence-electron chi connectivity index (χ1n) is 8.35. The predicted octanol–water partition coefficient (Wildman–Crippen LogP) is 4.63. The molecule has 0 bridgehead atoms. The van der Waals surface area contributed by atoms with Gasteiger partial charge in [-0.3, -0.25) is 14.6 Å². The Kier molecular flexibility index (Phi) is 4.63. The van der Waals surface area contributed by atoms with Crippen LogP contribution in [0.15, 0.2) is 71.8 Å². The fourth-order valence-electron chi connectivity index (χ4n) is 2.95. The molecule has 0 unspecified atom stereocenters. The van der Waals surface area contributed by atoms with E-state index >= 15 is 0 Å². The van der Waals surface area contributed by atoms with Gasteiger partial charge in [-0.25, -0.2) is 4.39 Å². The first-order valence-corrected chi connectivity index (χ1v) is 8.73. The van der Waals surface area contributed by atoms with Crippen molar-refractivity contribution in [2.24, 2.45) is 0 Å². The number of carbonyl (C=O) groups excluding carboxylic acids is 1. The standard InChI is InChI=1S/C21H13ClFN3O2/c22-17-3-4-18(16-2-1-6-25-20(16)17)26-21(28)14-8-13(9-15(23)10-14)12-5-7-24-19(27)11-12/h1-11H,(H,24,27)(H,26,28). The molecule has 0 aliphatic rings. The van der Waals surface area contributed by atoms with Gasteiger partial charge in [0.15, 0.2) is 0 Å². The summed E-state index contributed by atoms with van der Waals surface area (Å²) in [5.74, 6) is -1.07. The van der Waals surface area contributed by atoms with Gasteiger partial charge in [-0.05, 0) is 59.7 Å². The summed E-state index contributed by atoms with van der Waals surface area (Å²) in [6.45, 7) is 0. The number of benzene rings is 2. The van der Waals surface area contributed by atoms with Gasteiger partial charge in [0.25, 0.3) is 5.91 Å². The Morgan fingerprint density at radius 2 is 1.93 bits per heavy atom. The van der Waals surface area contributed by atoms with Crippen molar-refractivity contribution < 1.29 is 9.18 Å². The van der Waals surface area contributed by atoms with Crippen LogP contribution in [0.2, 0.25) is 5.02 Å². The average Bonchev–Trinajstić information content (AvgIpc) is 2.70. The maximum Gasteiger partial charge on any atom is 0.255 e. The second-order valence-corrected chi connectivity index (χ2v) is 6.53. The molecule has 7 heteroatoms. The molecular weight excluding hydrogens is 381 g/mol. The van der Waals surface area contributed by atoms with Gasteiger partial charge in [0.2, 0.25) is 5.56 Å². The van der Waals surface area contributed by atoms with Gasteiger partial charge < -0.3 is 10.3 Å². The van der Waals surface area contributed by atoms with Gasteiger partial charge in [0, 0.05) is 29.4 Å². The van der Waals surface area contributed by atoms with Gasteiger partial charge in [-0.15, -0.1) is 0 Å². The molecule has 1 amide bonds. The molecule has 2 heterocycles. The van der Waals surface area contributed by atoms with Crippen LogP contribution in [0.25, 0.3) is 22.0 Å². The Balaban J connectivity index is 1.72. The molecule has 138 valence electrons. The number of amides is 1. The van der Waals surface area contributed by atoms with Crippen LogP contribution in [-0.2, 0) is 0 Å². The van der Waals surface area contributed by atoms with Crippen molar-refractivity contribution in [2.75, 3.05) is 5.32 Å². The van der Waals surface area contributed by atoms with Gasteiger partial charge in [-0.2, -0.15) is 0 Å². The summed E-state index contributed by atoms with van der Waals surface area (Å²) >= 11 is 6.15. The Labute approximate surface area is 163 Å². The number of aromatic nitrogens is 2. The Morgan fingerprint density at radius 1 is 1.07 bits per heavy atom. The van der Waals surface area contributed by atoms with Gasteiger partial charge in [0.05, 0.1) is 16.2 Å². The van der Waals surface area contributed by atoms with Crippen LogP contribution in [-0.4, -0.2) is 15.9 Å². The molecule has 0 aliphatic carbocycles. The second-order valence-electron chi connectivity index (χ2n) is 6.12. The number of hydrogen-bond donors (Lipinski definition) is 2. The lowest BCUT2D eigenvalue weighted by atomic mass is 10.0. The highest BCUT2D eigenvalue weighted by Crippen LogP contribution is 2.29. The van der Waals surface area contributed by atoms with E-state index in [-0.39, 0.29) is 11.1 Å². The van der Waals surface area contributed by atoms with E-state index in [9.17, 15) is 14.0 Å². The molecule has 4 rings (SSSR count). The number of anilines is 1. The smallest absolute Gasteiger partial charge is 0.255 e. The molecule has 0 saturated heterocycles. The first-order chi connectivity index (χ1) is 13.5. The summed E-state index contributed by atoms with van der Waals surface area (Å²) in [6.07, 6.45) is 3.08. The molecular formula is C21H13ClFN3O2. The van der Waals surface area contributed by atoms with Crippen molar-refractivity contribution in [1.29, 1.82) is 0 Å². The van der Waals surface area contributed by atoms with E-state index in [0.29, 0.717) is 32.7 Å². The van der Waals surface area contributed by atoms with Gasteiger partial charge >= 0.3 is 0 Å². The number of aromatic amines is 1. The largest absolute Gasteiger partial charge is 0.329 e. The molecule has 0 fully saturated rings. The minimum Gasteiger partial charge on any atom is -0.329 e. The molecule has 0 atom stereocenters. The molecule has 0 saturated carbocycles. The van der Waals surface area contributed by atoms with Crippen LogP contribution in [0.3, 0.4) is 0 Å². The van der Waals surface area contributed by atoms with Crippen LogP contribution in [0.5, 0.6) is 0 Å². The second kappa shape index (κ2) is 7.25. The normalized spacial score (nSPS) is 10.8. The molecule has 0 radical (unpaired) electrons. The quantitative estimate of drug-likeness (QED) is 0.532. The number of rotatable bonds is 3. The zero-order chi connectivity index (χ0) is 19.7. The van der Waals surface area contributed by atoms with Crippen molar-refractivity contribution in [2.45, 2.75) is 0 Å². The molecule has 2 aromatic heterocycles. The topological polar surface area (TPSA) is 74.8 Å². The van der Waals surface area contributed by atoms with E-state index in [1.54, 1.807) is 36.5 Å². The third-order valence-corrected chi connectivity index (χ3v) is 4.54. The fourth-order valence-corrected chi connectivity index (χ4v) is 3.17. The fraction of sp³-hybridized carbons (Fsp3) is 0. The van der Waals surface area contributed by atoms with Crippen molar-refractivity contribution in [3.05, 3.63) is 93.7 Å². The molecule has 5 nitrogen and oxygen atoms in total. The lowest BCUT2D eigenvalue weighted by Gasteiger charge is -2.11. The number of fused-ring (bicyclic) bond motifs is 1. The maximum atomic E-state index is 14.1. The summed E-state index contributed by atoms with van der Waals surface area (Å²) in [6, 6.07) is 13.8. The number of nitrogens with one attached hydrogen (secondary N) is 2. The van der Waals surface area contributed by atoms with Crippen LogP contribution < -0.4 is 10.9 Å². The monoisotopic (exact) mass is 393 g/mol. The Hall–Kier alpha value is -3.51. The molecule has 4 aromatic rings. The first kappa shape index (κ1) is 17.9. The van der Waals surface area contributed by atoms with Crippen molar-refractivity contribution in [3.8, 4) is 11.1 Å². The highest BCUT2D eigenvalue weighted by atomic mass is 35.5. The number of nitrogens with zero attached hydrogens (tertiary/aromatic N) is 1. The number of halogens is 2. The van der Waals surface area contributed by atoms with Crippen LogP contribution >= 0.6 is 11.6 Å². The minimum atomic E-state index is -0.578. The molecule has 0 aliphatic heterocycles. The van der Waals surface area contributed by atoms with Crippen LogP contribution in [0.4, 0.5) is 10.1 Å². The number of pyridine rings is 2. The summed E-state index contributed by atoms with van der Waals surface area (Å²) in [5, 5.41) is 3.92. The average molecular weight is 394 g/mol. The summed E-state index contributed by atoms with van der Waals surface area (Å²) in [4.78, 5) is 31.0. The lowest BCUT2D eigenvalue weighted by Crippen LogP contribution is -2.13. The molecule has 2 aromatic carbocycles. The maximum absolute atomic E-state index is 14.1. The third kappa shape index (κ3) is 3.50. The van der Waals surface area contributed by atoms with Crippen LogP contribution in [0, 0.1) is 5.82 Å². The lowest BCUT2D eigenvalue weighted by molar-refractivity contribution is 0.102. The zero-order valence-corrected chi connectivity index (χ0v) is 15.1. The molecule has 28 heavy (non-hydrogen) atoms. The molecule has 0 spiro atoms. The van der Waals surface area contributed by atoms with E-state index in [2.05, 4.69) is 15.3 Å². The van der Waals surface area contributed by atoms with Gasteiger partial charge in [0.1, 0.15) is 5.82 Å². The number of hydrogen-bond acceptors (Lipinski definition) is 3. The summed E-state index contributed by atoms with van der Waals surface area (Å²) in [7, 11) is 0. The summed E-state index contributed by atoms with van der Waals surface area (Å²) in [5.41, 5.74) is 1.83. The van der Waals surface area contributed by atoms with E-state index in [4.69, 9.17) is 11.6 Å². The van der Waals surface area contributed by atoms with E-state index in [1.807, 2.05) is 0 Å². The van der Waals surface area contributed by atoms with Crippen molar-refractivity contribution in [1.82, 2.24) is 9.97 Å². The summed E-state index contributed by atoms with van der Waals surface area (Å²) < 4.78 is 14.1. The van der Waals surface area contributed by atoms with Crippen LogP contribution in [0.1, 0.15) is 10.4 Å². The zero-order valence-electron chi connectivity index (χ0n) is 14.4. The highest BCUT2D eigenvalue weighted by molar-refractivity contribution is 6.35. The van der Waals surface area contributed by atoms with Gasteiger partial charge in [-0.1, -0.05) is 11.6 Å². The minimum absolute atomic E-state index is 0.127. The van der Waals surface area contributed by atoms with E-state index in [1.165, 1.54) is 24.4 Å². The Bertz CT molecular complexity index is 1270. The highest BCUT2D eigenvalue weighted by Gasteiger charge is 2.13. The number of H-pyrrole nitrogens is 1. The van der Waals surface area contributed by atoms with E-state index in [0.717, 1.165) is 6.07 Å². The number of carbonyl (C=O) groups is 1. The van der Waals surface area contributed by atoms with Crippen molar-refractivity contribution in [3.63, 3.8) is 0 Å². The molecule has 2 N–H and O–H groups in total.